The SMILES string of the molecule is Cl.Cl.NC(CS)CNc1cccc(C(=O)NCc2cccc3ccccc23)c1. The summed E-state index contributed by atoms with van der Waals surface area (Å²) in [5, 5.41) is 8.57. The van der Waals surface area contributed by atoms with E-state index in [2.05, 4.69) is 41.5 Å². The van der Waals surface area contributed by atoms with Gasteiger partial charge in [0.25, 0.3) is 5.91 Å². The molecule has 3 aromatic rings. The summed E-state index contributed by atoms with van der Waals surface area (Å²) >= 11 is 4.17. The molecule has 1 unspecified atom stereocenters. The molecule has 0 radical (unpaired) electrons. The van der Waals surface area contributed by atoms with Crippen LogP contribution in [0.5, 0.6) is 0 Å². The van der Waals surface area contributed by atoms with E-state index >= 15 is 0 Å². The number of amides is 1. The summed E-state index contributed by atoms with van der Waals surface area (Å²) in [6.45, 7) is 1.10. The molecule has 0 saturated heterocycles. The van der Waals surface area contributed by atoms with E-state index in [-0.39, 0.29) is 36.8 Å². The predicted octanol–water partition coefficient (Wildman–Crippen LogP) is 4.28. The van der Waals surface area contributed by atoms with Crippen molar-refractivity contribution < 1.29 is 4.79 Å². The number of anilines is 1. The Balaban J connectivity index is 0.00000196. The largest absolute Gasteiger partial charge is 0.383 e. The van der Waals surface area contributed by atoms with Crippen molar-refractivity contribution in [2.45, 2.75) is 12.6 Å². The van der Waals surface area contributed by atoms with E-state index in [1.807, 2.05) is 48.5 Å². The summed E-state index contributed by atoms with van der Waals surface area (Å²) in [4.78, 5) is 12.5. The molecule has 1 atom stereocenters. The molecule has 4 N–H and O–H groups in total. The van der Waals surface area contributed by atoms with Crippen LogP contribution in [-0.4, -0.2) is 24.2 Å². The molecule has 150 valence electrons. The van der Waals surface area contributed by atoms with E-state index in [4.69, 9.17) is 5.73 Å². The lowest BCUT2D eigenvalue weighted by Gasteiger charge is -2.12. The number of carbonyl (C=O) groups excluding carboxylic acids is 1. The first kappa shape index (κ1) is 24.1. The Kier molecular flexibility index (Phi) is 10.2. The van der Waals surface area contributed by atoms with E-state index < -0.39 is 0 Å². The van der Waals surface area contributed by atoms with Gasteiger partial charge in [0.1, 0.15) is 0 Å². The van der Waals surface area contributed by atoms with Crippen LogP contribution in [0.1, 0.15) is 15.9 Å². The molecule has 0 fully saturated rings. The Morgan fingerprint density at radius 2 is 1.71 bits per heavy atom. The first-order chi connectivity index (χ1) is 12.7. The quantitative estimate of drug-likeness (QED) is 0.417. The van der Waals surface area contributed by atoms with Crippen molar-refractivity contribution in [2.24, 2.45) is 5.73 Å². The third-order valence-electron chi connectivity index (χ3n) is 4.25. The Labute approximate surface area is 183 Å². The van der Waals surface area contributed by atoms with Gasteiger partial charge in [-0.25, -0.2) is 0 Å². The molecule has 1 amide bonds. The van der Waals surface area contributed by atoms with Gasteiger partial charge in [-0.05, 0) is 34.5 Å². The lowest BCUT2D eigenvalue weighted by molar-refractivity contribution is 0.0951. The average molecular weight is 438 g/mol. The van der Waals surface area contributed by atoms with Crippen LogP contribution in [-0.2, 0) is 6.54 Å². The van der Waals surface area contributed by atoms with E-state index in [9.17, 15) is 4.79 Å². The molecule has 0 aliphatic carbocycles. The van der Waals surface area contributed by atoms with Gasteiger partial charge < -0.3 is 16.4 Å². The molecule has 3 aromatic carbocycles. The van der Waals surface area contributed by atoms with Gasteiger partial charge in [-0.3, -0.25) is 4.79 Å². The van der Waals surface area contributed by atoms with Crippen LogP contribution >= 0.6 is 37.4 Å². The minimum absolute atomic E-state index is 0. The second-order valence-corrected chi connectivity index (χ2v) is 6.59. The molecule has 28 heavy (non-hydrogen) atoms. The molecule has 0 aliphatic heterocycles. The molecule has 0 heterocycles. The highest BCUT2D eigenvalue weighted by Crippen LogP contribution is 2.18. The van der Waals surface area contributed by atoms with Crippen LogP contribution in [0.3, 0.4) is 0 Å². The molecule has 0 saturated carbocycles. The van der Waals surface area contributed by atoms with Gasteiger partial charge in [0.2, 0.25) is 0 Å². The highest BCUT2D eigenvalue weighted by Gasteiger charge is 2.08. The third kappa shape index (κ3) is 6.31. The minimum Gasteiger partial charge on any atom is -0.383 e. The van der Waals surface area contributed by atoms with Gasteiger partial charge in [0.15, 0.2) is 0 Å². The highest BCUT2D eigenvalue weighted by molar-refractivity contribution is 7.80. The fourth-order valence-corrected chi connectivity index (χ4v) is 2.94. The van der Waals surface area contributed by atoms with Crippen molar-refractivity contribution in [3.05, 3.63) is 77.9 Å². The monoisotopic (exact) mass is 437 g/mol. The molecule has 4 nitrogen and oxygen atoms in total. The van der Waals surface area contributed by atoms with Gasteiger partial charge in [-0.2, -0.15) is 12.6 Å². The van der Waals surface area contributed by atoms with Gasteiger partial charge in [0.05, 0.1) is 0 Å². The van der Waals surface area contributed by atoms with Crippen molar-refractivity contribution >= 4 is 59.8 Å². The molecular formula is C21H25Cl2N3OS. The number of rotatable bonds is 7. The Morgan fingerprint density at radius 1 is 1.00 bits per heavy atom. The molecule has 0 aromatic heterocycles. The smallest absolute Gasteiger partial charge is 0.251 e. The number of nitrogens with one attached hydrogen (secondary N) is 2. The number of hydrogen-bond acceptors (Lipinski definition) is 4. The topological polar surface area (TPSA) is 67.1 Å². The molecular weight excluding hydrogens is 413 g/mol. The highest BCUT2D eigenvalue weighted by atomic mass is 35.5. The second-order valence-electron chi connectivity index (χ2n) is 6.23. The predicted molar refractivity (Wildman–Crippen MR) is 126 cm³/mol. The van der Waals surface area contributed by atoms with E-state index in [0.717, 1.165) is 16.6 Å². The molecule has 0 aliphatic rings. The van der Waals surface area contributed by atoms with Gasteiger partial charge in [-0.1, -0.05) is 48.5 Å². The fraction of sp³-hybridized carbons (Fsp3) is 0.190. The number of halogens is 2. The summed E-state index contributed by atoms with van der Waals surface area (Å²) in [6, 6.07) is 21.7. The number of carbonyl (C=O) groups is 1. The summed E-state index contributed by atoms with van der Waals surface area (Å²) in [5.74, 6) is 0.512. The zero-order valence-electron chi connectivity index (χ0n) is 15.3. The Hall–Kier alpha value is -1.92. The van der Waals surface area contributed by atoms with E-state index in [1.165, 1.54) is 5.39 Å². The molecule has 0 bridgehead atoms. The average Bonchev–Trinajstić information content (AvgIpc) is 2.70. The van der Waals surface area contributed by atoms with Crippen LogP contribution in [0.15, 0.2) is 66.7 Å². The zero-order chi connectivity index (χ0) is 18.4. The van der Waals surface area contributed by atoms with Crippen LogP contribution in [0.4, 0.5) is 5.69 Å². The van der Waals surface area contributed by atoms with Crippen molar-refractivity contribution in [1.82, 2.24) is 5.32 Å². The van der Waals surface area contributed by atoms with Gasteiger partial charge in [-0.15, -0.1) is 24.8 Å². The number of benzene rings is 3. The van der Waals surface area contributed by atoms with E-state index in [0.29, 0.717) is 24.4 Å². The van der Waals surface area contributed by atoms with Crippen LogP contribution in [0, 0.1) is 0 Å². The van der Waals surface area contributed by atoms with Crippen molar-refractivity contribution in [3.8, 4) is 0 Å². The van der Waals surface area contributed by atoms with Crippen LogP contribution in [0.25, 0.3) is 10.8 Å². The molecule has 3 rings (SSSR count). The number of thiol groups is 1. The first-order valence-corrected chi connectivity index (χ1v) is 9.26. The van der Waals surface area contributed by atoms with Gasteiger partial charge in [0, 0.05) is 36.1 Å². The van der Waals surface area contributed by atoms with E-state index in [1.54, 1.807) is 0 Å². The molecule has 7 heteroatoms. The number of fused-ring (bicyclic) bond motifs is 1. The van der Waals surface area contributed by atoms with Crippen LogP contribution in [0.2, 0.25) is 0 Å². The fourth-order valence-electron chi connectivity index (χ4n) is 2.81. The maximum Gasteiger partial charge on any atom is 0.251 e. The van der Waals surface area contributed by atoms with Crippen molar-refractivity contribution in [2.75, 3.05) is 17.6 Å². The number of hydrogen-bond donors (Lipinski definition) is 4. The summed E-state index contributed by atoms with van der Waals surface area (Å²) in [6.07, 6.45) is 0. The normalized spacial score (nSPS) is 11.1. The lowest BCUT2D eigenvalue weighted by atomic mass is 10.0. The summed E-state index contributed by atoms with van der Waals surface area (Å²) in [7, 11) is 0. The summed E-state index contributed by atoms with van der Waals surface area (Å²) in [5.41, 5.74) is 8.46. The first-order valence-electron chi connectivity index (χ1n) is 8.62. The molecule has 0 spiro atoms. The second kappa shape index (κ2) is 11.8. The lowest BCUT2D eigenvalue weighted by Crippen LogP contribution is -2.30. The van der Waals surface area contributed by atoms with Gasteiger partial charge >= 0.3 is 0 Å². The van der Waals surface area contributed by atoms with Crippen molar-refractivity contribution in [1.29, 1.82) is 0 Å². The zero-order valence-corrected chi connectivity index (χ0v) is 17.8. The minimum atomic E-state index is -0.0972. The standard InChI is InChI=1S/C21H23N3OS.2ClH/c22-18(14-26)13-23-19-9-4-7-16(11-19)21(25)24-12-17-8-3-6-15-5-1-2-10-20(15)17;;/h1-11,18,23,26H,12-14,22H2,(H,24,25);2*1H. The Morgan fingerprint density at radius 3 is 2.50 bits per heavy atom. The summed E-state index contributed by atoms with van der Waals surface area (Å²) < 4.78 is 0. The van der Waals surface area contributed by atoms with Crippen LogP contribution < -0.4 is 16.4 Å². The maximum atomic E-state index is 12.5. The maximum absolute atomic E-state index is 12.5. The third-order valence-corrected chi connectivity index (χ3v) is 4.72. The Bertz CT molecular complexity index is 902. The van der Waals surface area contributed by atoms with Crippen molar-refractivity contribution in [3.63, 3.8) is 0 Å². The number of nitrogens with two attached hydrogens (primary N) is 1.